The SMILES string of the molecule is O=c1oc2cc(Cl)ccc2n1CSCn1c(=O)oc2cc(Cl)ccc21. The van der Waals surface area contributed by atoms with Gasteiger partial charge in [0.2, 0.25) is 0 Å². The highest BCUT2D eigenvalue weighted by Crippen LogP contribution is 2.22. The van der Waals surface area contributed by atoms with Gasteiger partial charge in [-0.3, -0.25) is 9.13 Å². The summed E-state index contributed by atoms with van der Waals surface area (Å²) in [6.45, 7) is 0. The molecule has 2 aromatic heterocycles. The lowest BCUT2D eigenvalue weighted by atomic mass is 10.3. The summed E-state index contributed by atoms with van der Waals surface area (Å²) in [4.78, 5) is 24.0. The number of oxazole rings is 2. The normalized spacial score (nSPS) is 11.6. The Bertz CT molecular complexity index is 1110. The van der Waals surface area contributed by atoms with Gasteiger partial charge in [-0.05, 0) is 24.3 Å². The molecule has 0 aliphatic carbocycles. The van der Waals surface area contributed by atoms with Crippen LogP contribution >= 0.6 is 35.0 Å². The smallest absolute Gasteiger partial charge is 0.408 e. The largest absolute Gasteiger partial charge is 0.420 e. The van der Waals surface area contributed by atoms with Crippen LogP contribution in [0.3, 0.4) is 0 Å². The molecule has 0 aliphatic rings. The van der Waals surface area contributed by atoms with Gasteiger partial charge in [0.15, 0.2) is 11.2 Å². The van der Waals surface area contributed by atoms with E-state index in [0.717, 1.165) is 0 Å². The van der Waals surface area contributed by atoms with E-state index < -0.39 is 11.5 Å². The fourth-order valence-corrected chi connectivity index (χ4v) is 3.81. The summed E-state index contributed by atoms with van der Waals surface area (Å²) < 4.78 is 13.3. The van der Waals surface area contributed by atoms with Gasteiger partial charge in [0.1, 0.15) is 0 Å². The van der Waals surface area contributed by atoms with Crippen LogP contribution in [-0.2, 0) is 11.8 Å². The third kappa shape index (κ3) is 2.99. The molecule has 0 radical (unpaired) electrons. The van der Waals surface area contributed by atoms with Crippen molar-refractivity contribution in [2.75, 3.05) is 0 Å². The van der Waals surface area contributed by atoms with Crippen LogP contribution in [0.5, 0.6) is 0 Å². The lowest BCUT2D eigenvalue weighted by Gasteiger charge is -2.04. The molecule has 2 heterocycles. The number of halogens is 2. The second kappa shape index (κ2) is 6.33. The molecule has 25 heavy (non-hydrogen) atoms. The zero-order valence-electron chi connectivity index (χ0n) is 12.6. The van der Waals surface area contributed by atoms with Crippen molar-refractivity contribution in [3.05, 3.63) is 67.5 Å². The predicted octanol–water partition coefficient (Wildman–Crippen LogP) is 4.16. The highest BCUT2D eigenvalue weighted by atomic mass is 35.5. The molecule has 0 spiro atoms. The third-order valence-electron chi connectivity index (χ3n) is 3.70. The molecule has 6 nitrogen and oxygen atoms in total. The first-order valence-electron chi connectivity index (χ1n) is 7.18. The summed E-state index contributed by atoms with van der Waals surface area (Å²) >= 11 is 13.2. The van der Waals surface area contributed by atoms with Crippen LogP contribution in [0, 0.1) is 0 Å². The average Bonchev–Trinajstić information content (AvgIpc) is 3.03. The Morgan fingerprint density at radius 3 is 1.68 bits per heavy atom. The average molecular weight is 397 g/mol. The first kappa shape index (κ1) is 16.4. The van der Waals surface area contributed by atoms with Crippen LogP contribution < -0.4 is 11.5 Å². The third-order valence-corrected chi connectivity index (χ3v) is 5.05. The van der Waals surface area contributed by atoms with Crippen molar-refractivity contribution >= 4 is 57.2 Å². The molecule has 0 amide bonds. The molecule has 4 aromatic rings. The Balaban J connectivity index is 1.59. The number of aromatic nitrogens is 2. The molecule has 128 valence electrons. The van der Waals surface area contributed by atoms with Crippen LogP contribution in [0.2, 0.25) is 10.0 Å². The zero-order chi connectivity index (χ0) is 17.6. The summed E-state index contributed by atoms with van der Waals surface area (Å²) in [5, 5.41) is 0.993. The summed E-state index contributed by atoms with van der Waals surface area (Å²) in [6.07, 6.45) is 0. The minimum atomic E-state index is -0.471. The van der Waals surface area contributed by atoms with Crippen molar-refractivity contribution in [3.8, 4) is 0 Å². The van der Waals surface area contributed by atoms with Gasteiger partial charge in [-0.2, -0.15) is 0 Å². The van der Waals surface area contributed by atoms with E-state index in [4.69, 9.17) is 32.0 Å². The first-order chi connectivity index (χ1) is 12.0. The van der Waals surface area contributed by atoms with E-state index in [9.17, 15) is 9.59 Å². The molecular formula is C16H10Cl2N2O4S. The maximum atomic E-state index is 12.0. The highest BCUT2D eigenvalue weighted by molar-refractivity contribution is 7.97. The predicted molar refractivity (Wildman–Crippen MR) is 98.6 cm³/mol. The minimum Gasteiger partial charge on any atom is -0.408 e. The van der Waals surface area contributed by atoms with Gasteiger partial charge in [0.25, 0.3) is 0 Å². The van der Waals surface area contributed by atoms with Gasteiger partial charge in [-0.25, -0.2) is 9.59 Å². The van der Waals surface area contributed by atoms with Crippen LogP contribution in [0.25, 0.3) is 22.2 Å². The second-order valence-corrected chi connectivity index (χ2v) is 7.08. The van der Waals surface area contributed by atoms with E-state index in [1.165, 1.54) is 20.9 Å². The summed E-state index contributed by atoms with van der Waals surface area (Å²) in [6, 6.07) is 10.0. The molecule has 0 aliphatic heterocycles. The van der Waals surface area contributed by atoms with Gasteiger partial charge in [-0.1, -0.05) is 23.2 Å². The molecule has 0 unspecified atom stereocenters. The monoisotopic (exact) mass is 396 g/mol. The van der Waals surface area contributed by atoms with E-state index in [2.05, 4.69) is 0 Å². The number of nitrogens with zero attached hydrogens (tertiary/aromatic N) is 2. The fraction of sp³-hybridized carbons (Fsp3) is 0.125. The van der Waals surface area contributed by atoms with Crippen molar-refractivity contribution in [1.29, 1.82) is 0 Å². The van der Waals surface area contributed by atoms with Crippen molar-refractivity contribution in [2.24, 2.45) is 0 Å². The second-order valence-electron chi connectivity index (χ2n) is 5.28. The molecule has 4 rings (SSSR count). The van der Waals surface area contributed by atoms with Crippen LogP contribution in [0.4, 0.5) is 0 Å². The summed E-state index contributed by atoms with van der Waals surface area (Å²) in [5.41, 5.74) is 2.16. The summed E-state index contributed by atoms with van der Waals surface area (Å²) in [7, 11) is 0. The van der Waals surface area contributed by atoms with Crippen molar-refractivity contribution in [3.63, 3.8) is 0 Å². The topological polar surface area (TPSA) is 70.3 Å². The molecule has 9 heteroatoms. The number of hydrogen-bond donors (Lipinski definition) is 0. The number of fused-ring (bicyclic) bond motifs is 2. The lowest BCUT2D eigenvalue weighted by molar-refractivity contribution is 0.522. The van der Waals surface area contributed by atoms with Crippen LogP contribution in [0.15, 0.2) is 54.8 Å². The summed E-state index contributed by atoms with van der Waals surface area (Å²) in [5.74, 6) is -0.303. The van der Waals surface area contributed by atoms with E-state index in [-0.39, 0.29) is 0 Å². The molecule has 0 saturated heterocycles. The Kier molecular flexibility index (Phi) is 4.15. The molecule has 0 N–H and O–H groups in total. The Hall–Kier alpha value is -2.09. The van der Waals surface area contributed by atoms with E-state index in [1.807, 2.05) is 0 Å². The lowest BCUT2D eigenvalue weighted by Crippen LogP contribution is -2.16. The number of thioether (sulfide) groups is 1. The van der Waals surface area contributed by atoms with E-state index in [1.54, 1.807) is 36.4 Å². The van der Waals surface area contributed by atoms with Crippen LogP contribution in [-0.4, -0.2) is 9.13 Å². The fourth-order valence-electron chi connectivity index (χ4n) is 2.55. The van der Waals surface area contributed by atoms with Gasteiger partial charge < -0.3 is 8.83 Å². The Morgan fingerprint density at radius 2 is 1.24 bits per heavy atom. The standard InChI is InChI=1S/C16H10Cl2N2O4S/c17-9-1-3-11-13(5-9)23-15(21)19(11)7-25-8-20-12-4-2-10(18)6-14(12)24-16(20)22/h1-6H,7-8H2. The molecule has 0 fully saturated rings. The van der Waals surface area contributed by atoms with Crippen molar-refractivity contribution in [1.82, 2.24) is 9.13 Å². The molecular weight excluding hydrogens is 387 g/mol. The molecule has 2 aromatic carbocycles. The maximum Gasteiger partial charge on any atom is 0.420 e. The van der Waals surface area contributed by atoms with Crippen LogP contribution in [0.1, 0.15) is 0 Å². The molecule has 0 saturated carbocycles. The van der Waals surface area contributed by atoms with Crippen molar-refractivity contribution in [2.45, 2.75) is 11.8 Å². The zero-order valence-corrected chi connectivity index (χ0v) is 14.9. The number of rotatable bonds is 4. The molecule has 0 atom stereocenters. The van der Waals surface area contributed by atoms with Gasteiger partial charge in [-0.15, -0.1) is 11.8 Å². The molecule has 0 bridgehead atoms. The highest BCUT2D eigenvalue weighted by Gasteiger charge is 2.12. The Morgan fingerprint density at radius 1 is 0.800 bits per heavy atom. The Labute approximate surface area is 154 Å². The number of benzene rings is 2. The van der Waals surface area contributed by atoms with Crippen molar-refractivity contribution < 1.29 is 8.83 Å². The van der Waals surface area contributed by atoms with E-state index in [0.29, 0.717) is 44.0 Å². The quantitative estimate of drug-likeness (QED) is 0.517. The maximum absolute atomic E-state index is 12.0. The minimum absolute atomic E-state index is 0.320. The van der Waals surface area contributed by atoms with E-state index >= 15 is 0 Å². The van der Waals surface area contributed by atoms with Gasteiger partial charge >= 0.3 is 11.5 Å². The number of hydrogen-bond acceptors (Lipinski definition) is 5. The first-order valence-corrected chi connectivity index (χ1v) is 9.09. The van der Waals surface area contributed by atoms with Gasteiger partial charge in [0, 0.05) is 22.2 Å². The van der Waals surface area contributed by atoms with Gasteiger partial charge in [0.05, 0.1) is 22.8 Å².